The third-order valence-electron chi connectivity index (χ3n) is 10.0. The smallest absolute Gasteiger partial charge is 0.171 e. The van der Waals surface area contributed by atoms with E-state index in [1.54, 1.807) is 6.20 Å². The second kappa shape index (κ2) is 7.61. The summed E-state index contributed by atoms with van der Waals surface area (Å²) in [7, 11) is 0. The van der Waals surface area contributed by atoms with Crippen molar-refractivity contribution >= 4 is 5.78 Å². The van der Waals surface area contributed by atoms with E-state index in [1.807, 2.05) is 17.1 Å². The number of allylic oxidation sites excluding steroid dienone is 1. The van der Waals surface area contributed by atoms with Crippen molar-refractivity contribution in [3.8, 4) is 5.69 Å². The molecule has 1 aliphatic heterocycles. The average molecular weight is 475 g/mol. The summed E-state index contributed by atoms with van der Waals surface area (Å²) in [5, 5.41) is 12.1. The maximum absolute atomic E-state index is 13.2. The third kappa shape index (κ3) is 3.19. The first-order valence-corrected chi connectivity index (χ1v) is 13.3. The van der Waals surface area contributed by atoms with Gasteiger partial charge in [0, 0.05) is 48.7 Å². The summed E-state index contributed by atoms with van der Waals surface area (Å²) >= 11 is 0. The molecule has 4 aliphatic carbocycles. The Kier molecular flexibility index (Phi) is 4.77. The molecule has 5 aliphatic rings. The zero-order chi connectivity index (χ0) is 23.8. The van der Waals surface area contributed by atoms with Crippen molar-refractivity contribution in [2.24, 2.45) is 17.3 Å². The highest BCUT2D eigenvalue weighted by Gasteiger charge is 2.60. The number of hydrogen-bond acceptors (Lipinski definition) is 5. The minimum atomic E-state index is -0.875. The molecule has 6 nitrogen and oxygen atoms in total. The summed E-state index contributed by atoms with van der Waals surface area (Å²) in [4.78, 5) is 17.4. The second-order valence-corrected chi connectivity index (χ2v) is 11.7. The first-order valence-electron chi connectivity index (χ1n) is 13.3. The highest BCUT2D eigenvalue weighted by Crippen LogP contribution is 2.64. The Labute approximate surface area is 206 Å². The molecule has 2 heterocycles. The van der Waals surface area contributed by atoms with Gasteiger partial charge in [-0.05, 0) is 67.2 Å². The van der Waals surface area contributed by atoms with Gasteiger partial charge in [-0.3, -0.25) is 4.79 Å². The molecule has 35 heavy (non-hydrogen) atoms. The quantitative estimate of drug-likeness (QED) is 0.638. The van der Waals surface area contributed by atoms with Crippen molar-refractivity contribution < 1.29 is 19.4 Å². The molecule has 0 radical (unpaired) electrons. The van der Waals surface area contributed by atoms with Crippen LogP contribution in [-0.4, -0.2) is 45.0 Å². The Balaban J connectivity index is 1.33. The Bertz CT molecular complexity index is 1180. The fraction of sp³-hybridized carbons (Fsp3) is 0.586. The maximum atomic E-state index is 13.2. The molecule has 1 aromatic carbocycles. The highest BCUT2D eigenvalue weighted by molar-refractivity contribution is 5.87. The molecule has 1 aromatic heterocycles. The summed E-state index contributed by atoms with van der Waals surface area (Å²) in [5.41, 5.74) is 3.83. The predicted molar refractivity (Wildman–Crippen MR) is 130 cm³/mol. The van der Waals surface area contributed by atoms with Gasteiger partial charge < -0.3 is 19.1 Å². The van der Waals surface area contributed by atoms with Gasteiger partial charge >= 0.3 is 0 Å². The van der Waals surface area contributed by atoms with Crippen LogP contribution in [0.1, 0.15) is 69.8 Å². The van der Waals surface area contributed by atoms with E-state index in [0.29, 0.717) is 43.7 Å². The van der Waals surface area contributed by atoms with Crippen LogP contribution in [0.3, 0.4) is 0 Å². The van der Waals surface area contributed by atoms with Gasteiger partial charge in [0.1, 0.15) is 5.78 Å². The normalized spacial score (nSPS) is 37.9. The van der Waals surface area contributed by atoms with E-state index >= 15 is 0 Å². The van der Waals surface area contributed by atoms with E-state index in [9.17, 15) is 9.90 Å². The molecule has 7 rings (SSSR count). The zero-order valence-corrected chi connectivity index (χ0v) is 20.4. The molecule has 4 fully saturated rings. The molecule has 5 atom stereocenters. The summed E-state index contributed by atoms with van der Waals surface area (Å²) < 4.78 is 14.1. The Hall–Kier alpha value is -2.28. The molecule has 3 saturated carbocycles. The van der Waals surface area contributed by atoms with E-state index in [0.717, 1.165) is 44.2 Å². The van der Waals surface area contributed by atoms with Crippen LogP contribution in [0.25, 0.3) is 5.69 Å². The number of rotatable bonds is 2. The molecule has 1 N–H and O–H groups in total. The minimum absolute atomic E-state index is 0.154. The van der Waals surface area contributed by atoms with Crippen LogP contribution in [0.5, 0.6) is 0 Å². The van der Waals surface area contributed by atoms with Gasteiger partial charge in [-0.25, -0.2) is 4.98 Å². The van der Waals surface area contributed by atoms with Gasteiger partial charge in [0.2, 0.25) is 0 Å². The van der Waals surface area contributed by atoms with E-state index < -0.39 is 11.4 Å². The number of carbonyl (C=O) groups is 1. The lowest BCUT2D eigenvalue weighted by Gasteiger charge is -2.55. The molecule has 2 aromatic rings. The first-order chi connectivity index (χ1) is 16.9. The first kappa shape index (κ1) is 22.0. The number of nitrogens with zero attached hydrogens (tertiary/aromatic N) is 2. The SMILES string of the molecule is C[C@]12C[C@H](c3ccc(-n4ccnc4)cc3)C3=C4CCC5(C[C@]4(O)CC[C@H]3[C@@H]1CCC2=O)OCCO5. The number of carbonyl (C=O) groups excluding carboxylic acids is 1. The summed E-state index contributed by atoms with van der Waals surface area (Å²) in [6, 6.07) is 8.73. The van der Waals surface area contributed by atoms with E-state index in [4.69, 9.17) is 9.47 Å². The Morgan fingerprint density at radius 1 is 1.09 bits per heavy atom. The molecule has 1 spiro atoms. The highest BCUT2D eigenvalue weighted by atomic mass is 16.7. The van der Waals surface area contributed by atoms with Crippen molar-refractivity contribution in [1.29, 1.82) is 0 Å². The zero-order valence-electron chi connectivity index (χ0n) is 20.4. The average Bonchev–Trinajstić information content (AvgIpc) is 3.60. The number of benzene rings is 1. The van der Waals surface area contributed by atoms with Crippen LogP contribution >= 0.6 is 0 Å². The van der Waals surface area contributed by atoms with Crippen LogP contribution < -0.4 is 0 Å². The standard InChI is InChI=1S/C29H34N2O4/c1-27-16-22(19-2-4-20(5-3-19)31-13-12-30-18-31)26-21(23(27)6-7-25(27)32)8-10-28(33)17-29(11-9-24(26)28)34-14-15-35-29/h2-5,12-13,18,21-23,33H,6-11,14-17H2,1H3/t21-,22+,23-,27-,28+/m0/s1. The molecule has 0 bridgehead atoms. The predicted octanol–water partition coefficient (Wildman–Crippen LogP) is 4.71. The molecular weight excluding hydrogens is 440 g/mol. The molecule has 1 saturated heterocycles. The number of aromatic nitrogens is 2. The van der Waals surface area contributed by atoms with Crippen LogP contribution in [0, 0.1) is 17.3 Å². The van der Waals surface area contributed by atoms with E-state index in [2.05, 4.69) is 36.2 Å². The largest absolute Gasteiger partial charge is 0.385 e. The molecule has 0 unspecified atom stereocenters. The number of fused-ring (bicyclic) bond motifs is 4. The summed E-state index contributed by atoms with van der Waals surface area (Å²) in [6.45, 7) is 3.44. The summed E-state index contributed by atoms with van der Waals surface area (Å²) in [6.07, 6.45) is 11.9. The van der Waals surface area contributed by atoms with Crippen molar-refractivity contribution in [2.75, 3.05) is 13.2 Å². The van der Waals surface area contributed by atoms with Crippen molar-refractivity contribution in [3.63, 3.8) is 0 Å². The number of Topliss-reactive ketones (excluding diaryl/α,β-unsaturated/α-hetero) is 1. The van der Waals surface area contributed by atoms with E-state index in [-0.39, 0.29) is 11.3 Å². The van der Waals surface area contributed by atoms with Crippen LogP contribution in [0.2, 0.25) is 0 Å². The fourth-order valence-corrected chi connectivity index (χ4v) is 8.37. The Morgan fingerprint density at radius 2 is 1.89 bits per heavy atom. The van der Waals surface area contributed by atoms with E-state index in [1.165, 1.54) is 16.7 Å². The number of imidazole rings is 1. The number of ether oxygens (including phenoxy) is 2. The lowest BCUT2D eigenvalue weighted by molar-refractivity contribution is -0.208. The van der Waals surface area contributed by atoms with Gasteiger partial charge in [0.15, 0.2) is 5.79 Å². The van der Waals surface area contributed by atoms with Crippen molar-refractivity contribution in [2.45, 2.75) is 75.6 Å². The van der Waals surface area contributed by atoms with Gasteiger partial charge in [0.05, 0.1) is 25.1 Å². The van der Waals surface area contributed by atoms with Crippen LogP contribution in [-0.2, 0) is 14.3 Å². The molecule has 0 amide bonds. The van der Waals surface area contributed by atoms with Gasteiger partial charge in [-0.15, -0.1) is 0 Å². The number of aliphatic hydroxyl groups is 1. The number of hydrogen-bond donors (Lipinski definition) is 1. The molecular formula is C29H34N2O4. The summed E-state index contributed by atoms with van der Waals surface area (Å²) in [5.74, 6) is 0.718. The maximum Gasteiger partial charge on any atom is 0.171 e. The van der Waals surface area contributed by atoms with Crippen molar-refractivity contribution in [3.05, 3.63) is 59.7 Å². The minimum Gasteiger partial charge on any atom is -0.385 e. The number of ketones is 1. The lowest BCUT2D eigenvalue weighted by Crippen LogP contribution is -2.53. The van der Waals surface area contributed by atoms with Crippen molar-refractivity contribution in [1.82, 2.24) is 9.55 Å². The topological polar surface area (TPSA) is 73.6 Å². The monoisotopic (exact) mass is 474 g/mol. The van der Waals surface area contributed by atoms with Crippen LogP contribution in [0.15, 0.2) is 54.1 Å². The van der Waals surface area contributed by atoms with Gasteiger partial charge in [-0.1, -0.05) is 24.6 Å². The lowest BCUT2D eigenvalue weighted by atomic mass is 9.51. The molecule has 6 heteroatoms. The van der Waals surface area contributed by atoms with Gasteiger partial charge in [-0.2, -0.15) is 0 Å². The third-order valence-corrected chi connectivity index (χ3v) is 10.0. The fourth-order valence-electron chi connectivity index (χ4n) is 8.37. The van der Waals surface area contributed by atoms with Gasteiger partial charge in [0.25, 0.3) is 0 Å². The van der Waals surface area contributed by atoms with Crippen LogP contribution in [0.4, 0.5) is 0 Å². The Morgan fingerprint density at radius 3 is 2.63 bits per heavy atom. The second-order valence-electron chi connectivity index (χ2n) is 11.7. The molecule has 184 valence electrons.